The molecule has 2 heterocycles. The zero-order chi connectivity index (χ0) is 26.7. The van der Waals surface area contributed by atoms with Crippen molar-refractivity contribution >= 4 is 33.6 Å². The molecule has 5 nitrogen and oxygen atoms in total. The number of rotatable bonds is 9. The Bertz CT molecular complexity index is 1430. The van der Waals surface area contributed by atoms with Crippen LogP contribution in [0.3, 0.4) is 0 Å². The van der Waals surface area contributed by atoms with Gasteiger partial charge in [0.05, 0.1) is 24.3 Å². The van der Waals surface area contributed by atoms with E-state index in [9.17, 15) is 19.4 Å². The van der Waals surface area contributed by atoms with Crippen LogP contribution in [0.25, 0.3) is 38.5 Å². The van der Waals surface area contributed by atoms with E-state index in [4.69, 9.17) is 10.1 Å². The second kappa shape index (κ2) is 11.3. The first-order valence-electron chi connectivity index (χ1n) is 12.2. The number of thiophene rings is 1. The zero-order valence-corrected chi connectivity index (χ0v) is 21.8. The smallest absolute Gasteiger partial charge is 0.305 e. The summed E-state index contributed by atoms with van der Waals surface area (Å²) in [5, 5.41) is 30.4. The van der Waals surface area contributed by atoms with Crippen LogP contribution in [-0.2, 0) is 4.79 Å². The number of hydrogen-bond acceptors (Lipinski definition) is 5. The Morgan fingerprint density at radius 1 is 1.03 bits per heavy atom. The van der Waals surface area contributed by atoms with Crippen molar-refractivity contribution in [2.24, 2.45) is 0 Å². The summed E-state index contributed by atoms with van der Waals surface area (Å²) in [7, 11) is 0. The summed E-state index contributed by atoms with van der Waals surface area (Å²) in [6, 6.07) is 16.4. The Hall–Kier alpha value is -3.39. The minimum absolute atomic E-state index is 0.0561. The van der Waals surface area contributed by atoms with Gasteiger partial charge in [-0.05, 0) is 36.1 Å². The van der Waals surface area contributed by atoms with Gasteiger partial charge in [0.1, 0.15) is 10.6 Å². The van der Waals surface area contributed by atoms with Crippen molar-refractivity contribution in [2.75, 3.05) is 0 Å². The Balaban J connectivity index is 1.97. The Kier molecular flexibility index (Phi) is 8.17. The van der Waals surface area contributed by atoms with Crippen LogP contribution in [0, 0.1) is 12.7 Å². The number of pyridine rings is 1. The first kappa shape index (κ1) is 26.7. The van der Waals surface area contributed by atoms with Gasteiger partial charge in [-0.25, -0.2) is 9.37 Å². The monoisotopic (exact) mass is 519 g/mol. The molecule has 0 fully saturated rings. The quantitative estimate of drug-likeness (QED) is 0.226. The van der Waals surface area contributed by atoms with Crippen LogP contribution in [0.4, 0.5) is 4.39 Å². The summed E-state index contributed by atoms with van der Waals surface area (Å²) in [4.78, 5) is 17.9. The number of carbonyl (C=O) groups is 1. The van der Waals surface area contributed by atoms with E-state index in [1.807, 2.05) is 32.0 Å². The van der Waals surface area contributed by atoms with Gasteiger partial charge in [-0.1, -0.05) is 68.5 Å². The van der Waals surface area contributed by atoms with Crippen LogP contribution in [0.15, 0.2) is 60.7 Å². The average Bonchev–Trinajstić information content (AvgIpc) is 3.17. The van der Waals surface area contributed by atoms with Crippen LogP contribution in [0.2, 0.25) is 0 Å². The first-order valence-corrected chi connectivity index (χ1v) is 13.0. The van der Waals surface area contributed by atoms with Gasteiger partial charge in [0.15, 0.2) is 0 Å². The maximum Gasteiger partial charge on any atom is 0.305 e. The van der Waals surface area contributed by atoms with Crippen LogP contribution in [-0.4, -0.2) is 38.5 Å². The number of aromatic nitrogens is 1. The molecule has 0 amide bonds. The van der Waals surface area contributed by atoms with Gasteiger partial charge in [0.25, 0.3) is 0 Å². The predicted octanol–water partition coefficient (Wildman–Crippen LogP) is 6.80. The third-order valence-corrected chi connectivity index (χ3v) is 7.23. The molecule has 4 rings (SSSR count). The summed E-state index contributed by atoms with van der Waals surface area (Å²) in [5.41, 5.74) is 5.48. The van der Waals surface area contributed by atoms with Crippen molar-refractivity contribution in [2.45, 2.75) is 51.7 Å². The Morgan fingerprint density at radius 2 is 1.68 bits per heavy atom. The fourth-order valence-electron chi connectivity index (χ4n) is 4.60. The normalized spacial score (nSPS) is 13.5. The van der Waals surface area contributed by atoms with Crippen LogP contribution < -0.4 is 0 Å². The van der Waals surface area contributed by atoms with Gasteiger partial charge in [0, 0.05) is 33.4 Å². The molecule has 2 atom stereocenters. The SMILES string of the molecule is Cc1sc2nc(C(C)C)c(/C=C/C(O)CC(O)CC(=O)O)c(-c3ccc(F)cc3)c2c1-c1ccccc1. The number of carboxylic acids is 1. The maximum atomic E-state index is 13.9. The number of fused-ring (bicyclic) bond motifs is 1. The Labute approximate surface area is 219 Å². The maximum absolute atomic E-state index is 13.9. The van der Waals surface area contributed by atoms with E-state index < -0.39 is 24.6 Å². The molecule has 7 heteroatoms. The molecule has 192 valence electrons. The summed E-state index contributed by atoms with van der Waals surface area (Å²) < 4.78 is 13.9. The summed E-state index contributed by atoms with van der Waals surface area (Å²) >= 11 is 1.62. The van der Waals surface area contributed by atoms with E-state index in [-0.39, 0.29) is 18.2 Å². The number of hydrogen-bond donors (Lipinski definition) is 3. The highest BCUT2D eigenvalue weighted by Crippen LogP contribution is 2.46. The highest BCUT2D eigenvalue weighted by atomic mass is 32.1. The van der Waals surface area contributed by atoms with Crippen molar-refractivity contribution in [1.82, 2.24) is 4.98 Å². The molecule has 37 heavy (non-hydrogen) atoms. The third-order valence-electron chi connectivity index (χ3n) is 6.23. The number of halogens is 1. The molecule has 0 spiro atoms. The van der Waals surface area contributed by atoms with E-state index in [1.165, 1.54) is 12.1 Å². The van der Waals surface area contributed by atoms with Gasteiger partial charge in [-0.3, -0.25) is 4.79 Å². The number of carboxylic acid groups (broad SMARTS) is 1. The molecule has 0 aliphatic rings. The number of nitrogens with zero attached hydrogens (tertiary/aromatic N) is 1. The molecule has 2 aromatic carbocycles. The molecule has 3 N–H and O–H groups in total. The van der Waals surface area contributed by atoms with Crippen molar-refractivity contribution in [3.8, 4) is 22.3 Å². The standard InChI is InChI=1S/C30H30FNO4S/c1-17(2)29-24(14-13-22(33)15-23(34)16-25(35)36)27(20-9-11-21(31)12-10-20)28-26(18(3)37-30(28)32-29)19-7-5-4-6-8-19/h4-14,17,22-23,33-34H,15-16H2,1-3H3,(H,35,36)/b14-13+. The van der Waals surface area contributed by atoms with Crippen molar-refractivity contribution < 1.29 is 24.5 Å². The fraction of sp³-hybridized carbons (Fsp3) is 0.267. The lowest BCUT2D eigenvalue weighted by Crippen LogP contribution is -2.19. The molecule has 0 bridgehead atoms. The predicted molar refractivity (Wildman–Crippen MR) is 147 cm³/mol. The van der Waals surface area contributed by atoms with Crippen molar-refractivity contribution in [1.29, 1.82) is 0 Å². The highest BCUT2D eigenvalue weighted by Gasteiger charge is 2.23. The molecule has 2 aromatic heterocycles. The molecule has 0 aliphatic heterocycles. The van der Waals surface area contributed by atoms with Gasteiger partial charge in [-0.2, -0.15) is 0 Å². The topological polar surface area (TPSA) is 90.7 Å². The van der Waals surface area contributed by atoms with Gasteiger partial charge in [0.2, 0.25) is 0 Å². The van der Waals surface area contributed by atoms with Crippen molar-refractivity contribution in [3.05, 3.63) is 82.6 Å². The molecule has 0 radical (unpaired) electrons. The second-order valence-electron chi connectivity index (χ2n) is 9.44. The number of aryl methyl sites for hydroxylation is 1. The highest BCUT2D eigenvalue weighted by molar-refractivity contribution is 7.19. The molecule has 0 aliphatic carbocycles. The van der Waals surface area contributed by atoms with Crippen molar-refractivity contribution in [3.63, 3.8) is 0 Å². The lowest BCUT2D eigenvalue weighted by Gasteiger charge is -2.18. The van der Waals surface area contributed by atoms with Gasteiger partial charge >= 0.3 is 5.97 Å². The van der Waals surface area contributed by atoms with E-state index in [1.54, 1.807) is 35.6 Å². The first-order chi connectivity index (χ1) is 17.7. The average molecular weight is 520 g/mol. The number of aliphatic hydroxyl groups is 2. The van der Waals surface area contributed by atoms with E-state index in [2.05, 4.69) is 19.1 Å². The third kappa shape index (κ3) is 5.96. The lowest BCUT2D eigenvalue weighted by atomic mass is 9.89. The van der Waals surface area contributed by atoms with Gasteiger partial charge in [-0.15, -0.1) is 11.3 Å². The van der Waals surface area contributed by atoms with Crippen LogP contribution >= 0.6 is 11.3 Å². The number of benzene rings is 2. The van der Waals surface area contributed by atoms with Crippen LogP contribution in [0.1, 0.15) is 48.7 Å². The second-order valence-corrected chi connectivity index (χ2v) is 10.6. The summed E-state index contributed by atoms with van der Waals surface area (Å²) in [5.74, 6) is -1.40. The summed E-state index contributed by atoms with van der Waals surface area (Å²) in [6.45, 7) is 6.17. The molecule has 4 aromatic rings. The fourth-order valence-corrected chi connectivity index (χ4v) is 5.66. The number of aliphatic carboxylic acids is 1. The lowest BCUT2D eigenvalue weighted by molar-refractivity contribution is -0.139. The molecular weight excluding hydrogens is 489 g/mol. The molecule has 2 unspecified atom stereocenters. The molecular formula is C30H30FNO4S. The number of aliphatic hydroxyl groups excluding tert-OH is 2. The molecule has 0 saturated carbocycles. The van der Waals surface area contributed by atoms with Gasteiger partial charge < -0.3 is 15.3 Å². The van der Waals surface area contributed by atoms with E-state index in [0.717, 1.165) is 48.6 Å². The minimum atomic E-state index is -1.16. The largest absolute Gasteiger partial charge is 0.481 e. The molecule has 0 saturated heterocycles. The van der Waals surface area contributed by atoms with E-state index >= 15 is 0 Å². The zero-order valence-electron chi connectivity index (χ0n) is 21.0. The summed E-state index contributed by atoms with van der Waals surface area (Å²) in [6.07, 6.45) is 0.598. The Morgan fingerprint density at radius 3 is 2.30 bits per heavy atom. The van der Waals surface area contributed by atoms with Crippen LogP contribution in [0.5, 0.6) is 0 Å². The van der Waals surface area contributed by atoms with E-state index in [0.29, 0.717) is 0 Å². The minimum Gasteiger partial charge on any atom is -0.481 e.